The van der Waals surface area contributed by atoms with Gasteiger partial charge in [-0.15, -0.1) is 0 Å². The molecule has 0 aliphatic rings. The van der Waals surface area contributed by atoms with Gasteiger partial charge in [0.25, 0.3) is 5.56 Å². The van der Waals surface area contributed by atoms with Crippen LogP contribution in [0.25, 0.3) is 5.65 Å². The first-order valence-corrected chi connectivity index (χ1v) is 7.21. The topological polar surface area (TPSA) is 55.1 Å². The van der Waals surface area contributed by atoms with Crippen molar-refractivity contribution in [2.24, 2.45) is 0 Å². The van der Waals surface area contributed by atoms with Crippen LogP contribution in [0, 0.1) is 0 Å². The molecule has 3 aromatic rings. The molecule has 122 valence electrons. The number of alkyl halides is 3. The molecule has 0 aromatic carbocycles. The minimum atomic E-state index is -4.59. The molecule has 0 radical (unpaired) electrons. The molecule has 0 saturated carbocycles. The van der Waals surface area contributed by atoms with Crippen molar-refractivity contribution in [3.8, 4) is 0 Å². The van der Waals surface area contributed by atoms with Gasteiger partial charge in [0.15, 0.2) is 11.3 Å². The average Bonchev–Trinajstić information content (AvgIpc) is 3.04. The summed E-state index contributed by atoms with van der Waals surface area (Å²) in [5.41, 5.74) is -0.436. The number of fused-ring (bicyclic) bond motifs is 1. The number of rotatable bonds is 4. The molecule has 0 spiro atoms. The number of halogens is 3. The highest BCUT2D eigenvalue weighted by atomic mass is 19.4. The fraction of sp³-hybridized carbons (Fsp3) is 0.333. The van der Waals surface area contributed by atoms with Crippen molar-refractivity contribution in [3.63, 3.8) is 0 Å². The van der Waals surface area contributed by atoms with Gasteiger partial charge in [0.05, 0.1) is 12.2 Å². The number of hydrogen-bond acceptors (Lipinski definition) is 2. The van der Waals surface area contributed by atoms with E-state index in [2.05, 4.69) is 10.1 Å². The van der Waals surface area contributed by atoms with Crippen LogP contribution in [-0.2, 0) is 19.1 Å². The van der Waals surface area contributed by atoms with Gasteiger partial charge in [-0.25, -0.2) is 9.50 Å². The van der Waals surface area contributed by atoms with E-state index in [1.807, 2.05) is 19.2 Å². The van der Waals surface area contributed by atoms with Gasteiger partial charge >= 0.3 is 6.18 Å². The Kier molecular flexibility index (Phi) is 3.75. The van der Waals surface area contributed by atoms with Crippen LogP contribution in [0.4, 0.5) is 13.2 Å². The highest BCUT2D eigenvalue weighted by Crippen LogP contribution is 2.31. The lowest BCUT2D eigenvalue weighted by Crippen LogP contribution is -2.15. The number of H-pyrrole nitrogens is 1. The normalized spacial score (nSPS) is 12.2. The van der Waals surface area contributed by atoms with Crippen molar-refractivity contribution in [2.45, 2.75) is 32.5 Å². The molecule has 1 N–H and O–H groups in total. The molecule has 0 fully saturated rings. The summed E-state index contributed by atoms with van der Waals surface area (Å²) < 4.78 is 42.5. The third-order valence-corrected chi connectivity index (χ3v) is 3.56. The second-order valence-electron chi connectivity index (χ2n) is 5.35. The van der Waals surface area contributed by atoms with Gasteiger partial charge < -0.3 is 4.57 Å². The summed E-state index contributed by atoms with van der Waals surface area (Å²) in [7, 11) is 0. The third-order valence-electron chi connectivity index (χ3n) is 3.56. The van der Waals surface area contributed by atoms with Gasteiger partial charge in [0, 0.05) is 18.5 Å². The second kappa shape index (κ2) is 5.60. The summed E-state index contributed by atoms with van der Waals surface area (Å²) in [6, 6.07) is 4.31. The molecule has 0 atom stereocenters. The highest BCUT2D eigenvalue weighted by Gasteiger charge is 2.38. The molecule has 0 saturated heterocycles. The molecule has 23 heavy (non-hydrogen) atoms. The lowest BCUT2D eigenvalue weighted by molar-refractivity contribution is -0.141. The fourth-order valence-corrected chi connectivity index (χ4v) is 2.58. The Labute approximate surface area is 129 Å². The zero-order chi connectivity index (χ0) is 16.6. The number of aromatic nitrogens is 4. The molecule has 3 rings (SSSR count). The molecule has 5 nitrogen and oxygen atoms in total. The number of aryl methyl sites for hydroxylation is 1. The number of nitrogens with one attached hydrogen (secondary N) is 1. The summed E-state index contributed by atoms with van der Waals surface area (Å²) >= 11 is 0. The predicted molar refractivity (Wildman–Crippen MR) is 78.3 cm³/mol. The van der Waals surface area contributed by atoms with Gasteiger partial charge in [-0.1, -0.05) is 13.3 Å². The minimum absolute atomic E-state index is 0.0281. The van der Waals surface area contributed by atoms with Crippen molar-refractivity contribution in [1.29, 1.82) is 0 Å². The van der Waals surface area contributed by atoms with Crippen molar-refractivity contribution in [1.82, 2.24) is 19.2 Å². The Morgan fingerprint density at radius 3 is 2.74 bits per heavy atom. The Balaban J connectivity index is 2.09. The number of nitrogens with zero attached hydrogens (tertiary/aromatic N) is 3. The lowest BCUT2D eigenvalue weighted by Gasteiger charge is -2.08. The maximum absolute atomic E-state index is 13.2. The first-order chi connectivity index (χ1) is 10.9. The van der Waals surface area contributed by atoms with Crippen molar-refractivity contribution >= 4 is 5.65 Å². The average molecular weight is 324 g/mol. The monoisotopic (exact) mass is 324 g/mol. The largest absolute Gasteiger partial charge is 0.435 e. The van der Waals surface area contributed by atoms with Crippen LogP contribution in [0.15, 0.2) is 35.4 Å². The maximum Gasteiger partial charge on any atom is 0.435 e. The highest BCUT2D eigenvalue weighted by molar-refractivity contribution is 5.42. The zero-order valence-electron chi connectivity index (χ0n) is 12.4. The molecule has 0 aliphatic heterocycles. The van der Waals surface area contributed by atoms with Crippen molar-refractivity contribution < 1.29 is 13.2 Å². The quantitative estimate of drug-likeness (QED) is 0.802. The molecular formula is C15H15F3N4O. The zero-order valence-corrected chi connectivity index (χ0v) is 12.4. The van der Waals surface area contributed by atoms with Gasteiger partial charge in [-0.05, 0) is 24.1 Å². The first-order valence-electron chi connectivity index (χ1n) is 7.21. The molecule has 0 unspecified atom stereocenters. The first kappa shape index (κ1) is 15.4. The molecule has 0 aliphatic carbocycles. The number of hydrogen-bond donors (Lipinski definition) is 1. The third kappa shape index (κ3) is 3.01. The Bertz CT molecular complexity index is 888. The van der Waals surface area contributed by atoms with E-state index in [-0.39, 0.29) is 17.9 Å². The molecule has 0 bridgehead atoms. The summed E-state index contributed by atoms with van der Waals surface area (Å²) in [5.74, 6) is 0. The van der Waals surface area contributed by atoms with Crippen LogP contribution in [-0.4, -0.2) is 19.2 Å². The summed E-state index contributed by atoms with van der Waals surface area (Å²) in [6.45, 7) is 2.01. The van der Waals surface area contributed by atoms with Gasteiger partial charge in [-0.2, -0.15) is 13.2 Å². The van der Waals surface area contributed by atoms with Crippen molar-refractivity contribution in [2.75, 3.05) is 0 Å². The molecule has 0 amide bonds. The van der Waals surface area contributed by atoms with Crippen LogP contribution in [0.2, 0.25) is 0 Å². The Hall–Kier alpha value is -2.51. The molecule has 8 heteroatoms. The maximum atomic E-state index is 13.2. The smallest absolute Gasteiger partial charge is 0.348 e. The lowest BCUT2D eigenvalue weighted by atomic mass is 10.2. The van der Waals surface area contributed by atoms with Crippen molar-refractivity contribution in [3.05, 3.63) is 57.9 Å². The second-order valence-corrected chi connectivity index (χ2v) is 5.35. The van der Waals surface area contributed by atoms with Gasteiger partial charge in [-0.3, -0.25) is 9.89 Å². The van der Waals surface area contributed by atoms with E-state index in [0.717, 1.165) is 29.0 Å². The SMILES string of the molecule is CCCc1ccn(Cc2c(C(F)(F)F)nc3ccc(=O)[nH]n23)c1. The summed E-state index contributed by atoms with van der Waals surface area (Å²) in [4.78, 5) is 15.1. The van der Waals surface area contributed by atoms with E-state index >= 15 is 0 Å². The molecule has 3 aromatic heterocycles. The number of imidazole rings is 1. The van der Waals surface area contributed by atoms with E-state index < -0.39 is 17.4 Å². The van der Waals surface area contributed by atoms with Crippen LogP contribution >= 0.6 is 0 Å². The summed E-state index contributed by atoms with van der Waals surface area (Å²) in [5, 5.41) is 2.39. The van der Waals surface area contributed by atoms with Gasteiger partial charge in [0.1, 0.15) is 0 Å². The minimum Gasteiger partial charge on any atom is -0.348 e. The van der Waals surface area contributed by atoms with Gasteiger partial charge in [0.2, 0.25) is 0 Å². The molecular weight excluding hydrogens is 309 g/mol. The Morgan fingerprint density at radius 1 is 1.26 bits per heavy atom. The fourth-order valence-electron chi connectivity index (χ4n) is 2.58. The van der Waals surface area contributed by atoms with Crippen LogP contribution in [0.1, 0.15) is 30.3 Å². The van der Waals surface area contributed by atoms with Crippen LogP contribution in [0.5, 0.6) is 0 Å². The van der Waals surface area contributed by atoms with E-state index in [1.165, 1.54) is 6.07 Å². The Morgan fingerprint density at radius 2 is 2.04 bits per heavy atom. The van der Waals surface area contributed by atoms with Crippen LogP contribution in [0.3, 0.4) is 0 Å². The summed E-state index contributed by atoms with van der Waals surface area (Å²) in [6.07, 6.45) is 0.775. The van der Waals surface area contributed by atoms with E-state index in [9.17, 15) is 18.0 Å². The predicted octanol–water partition coefficient (Wildman–Crippen LogP) is 2.84. The van der Waals surface area contributed by atoms with Crippen LogP contribution < -0.4 is 5.56 Å². The standard InChI is InChI=1S/C15H15F3N4O/c1-2-3-10-6-7-21(8-10)9-11-14(15(16,17)18)19-12-4-5-13(23)20-22(11)12/h4-8H,2-3,9H2,1H3,(H,20,23). The molecule has 3 heterocycles. The van der Waals surface area contributed by atoms with E-state index in [0.29, 0.717) is 0 Å². The van der Waals surface area contributed by atoms with E-state index in [1.54, 1.807) is 10.8 Å². The van der Waals surface area contributed by atoms with E-state index in [4.69, 9.17) is 0 Å². The number of aromatic amines is 1.